The average Bonchev–Trinajstić information content (AvgIpc) is 3.26. The molecule has 0 amide bonds. The zero-order valence-corrected chi connectivity index (χ0v) is 31.2. The van der Waals surface area contributed by atoms with E-state index in [1.165, 1.54) is 26.3 Å². The largest absolute Gasteiger partial charge is 0.310 e. The third-order valence-corrected chi connectivity index (χ3v) is 11.6. The van der Waals surface area contributed by atoms with E-state index >= 15 is 4.39 Å². The first-order chi connectivity index (χ1) is 27.7. The van der Waals surface area contributed by atoms with Gasteiger partial charge in [-0.1, -0.05) is 151 Å². The number of para-hydroxylation sites is 3. The Hall–Kier alpha value is -6.88. The van der Waals surface area contributed by atoms with Gasteiger partial charge in [-0.05, 0) is 101 Å². The van der Waals surface area contributed by atoms with Crippen molar-refractivity contribution in [2.45, 2.75) is 9.79 Å². The summed E-state index contributed by atoms with van der Waals surface area (Å²) in [5.74, 6) is -0.289. The molecule has 0 aliphatic carbocycles. The summed E-state index contributed by atoms with van der Waals surface area (Å²) < 4.78 is 17.2. The van der Waals surface area contributed by atoms with E-state index in [1.807, 2.05) is 66.7 Å². The SMILES string of the molecule is Fc1cc(-c2ccccc2)cc(-c2ccccc2)c1N(c1ccccc1)c1ccc2c3c(cccc13)Sc1cc(N(c3ccccc3)c3ccccc3)ccc1-2. The number of benzene rings is 9. The van der Waals surface area contributed by atoms with Crippen molar-refractivity contribution in [1.82, 2.24) is 0 Å². The number of anilines is 6. The summed E-state index contributed by atoms with van der Waals surface area (Å²) in [6.07, 6.45) is 0. The zero-order chi connectivity index (χ0) is 37.4. The fourth-order valence-electron chi connectivity index (χ4n) is 7.97. The van der Waals surface area contributed by atoms with Crippen LogP contribution >= 0.6 is 11.8 Å². The fraction of sp³-hybridized carbons (Fsp3) is 0. The lowest BCUT2D eigenvalue weighted by Crippen LogP contribution is -2.14. The zero-order valence-electron chi connectivity index (χ0n) is 30.4. The highest BCUT2D eigenvalue weighted by molar-refractivity contribution is 7.99. The van der Waals surface area contributed by atoms with E-state index in [9.17, 15) is 0 Å². The summed E-state index contributed by atoms with van der Waals surface area (Å²) in [5.41, 5.74) is 11.5. The molecule has 9 aromatic rings. The minimum atomic E-state index is -0.289. The van der Waals surface area contributed by atoms with Crippen LogP contribution in [0.25, 0.3) is 44.2 Å². The van der Waals surface area contributed by atoms with Crippen LogP contribution < -0.4 is 9.80 Å². The molecule has 9 aromatic carbocycles. The normalized spacial score (nSPS) is 11.6. The van der Waals surface area contributed by atoms with Gasteiger partial charge in [-0.2, -0.15) is 0 Å². The lowest BCUT2D eigenvalue weighted by Gasteiger charge is -2.31. The predicted octanol–water partition coefficient (Wildman–Crippen LogP) is 15.4. The molecule has 1 aliphatic rings. The molecule has 1 heterocycles. The maximum atomic E-state index is 17.2. The number of rotatable bonds is 8. The molecule has 1 aliphatic heterocycles. The first-order valence-electron chi connectivity index (χ1n) is 18.8. The number of hydrogen-bond acceptors (Lipinski definition) is 3. The summed E-state index contributed by atoms with van der Waals surface area (Å²) in [5, 5.41) is 2.23. The first kappa shape index (κ1) is 33.7. The van der Waals surface area contributed by atoms with Crippen LogP contribution in [0.4, 0.5) is 38.5 Å². The van der Waals surface area contributed by atoms with Crippen LogP contribution in [-0.4, -0.2) is 0 Å². The van der Waals surface area contributed by atoms with Crippen molar-refractivity contribution in [2.24, 2.45) is 0 Å². The topological polar surface area (TPSA) is 6.48 Å². The van der Waals surface area contributed by atoms with Crippen molar-refractivity contribution in [3.63, 3.8) is 0 Å². The standard InChI is InChI=1S/C52H35FN2S/c53-47-34-38(36-17-6-1-7-18-36)33-46(37-19-8-2-9-20-37)52(47)55(41-25-14-5-15-26-41)48-32-31-44-43-30-29-42(35-50(43)56-49-28-16-27-45(48)51(44)49)54(39-21-10-3-11-22-39)40-23-12-4-13-24-40/h1-35H. The fourth-order valence-corrected chi connectivity index (χ4v) is 9.14. The Morgan fingerprint density at radius 2 is 0.911 bits per heavy atom. The van der Waals surface area contributed by atoms with Crippen LogP contribution in [0.5, 0.6) is 0 Å². The van der Waals surface area contributed by atoms with E-state index in [4.69, 9.17) is 0 Å². The lowest BCUT2D eigenvalue weighted by molar-refractivity contribution is 0.630. The molecule has 2 nitrogen and oxygen atoms in total. The predicted molar refractivity (Wildman–Crippen MR) is 234 cm³/mol. The molecule has 0 atom stereocenters. The van der Waals surface area contributed by atoms with Gasteiger partial charge < -0.3 is 9.80 Å². The monoisotopic (exact) mass is 738 g/mol. The molecule has 0 saturated carbocycles. The summed E-state index contributed by atoms with van der Waals surface area (Å²) in [7, 11) is 0. The van der Waals surface area contributed by atoms with Crippen molar-refractivity contribution in [3.8, 4) is 33.4 Å². The van der Waals surface area contributed by atoms with E-state index in [2.05, 4.69) is 149 Å². The third-order valence-electron chi connectivity index (χ3n) is 10.5. The Balaban J connectivity index is 1.16. The lowest BCUT2D eigenvalue weighted by atomic mass is 9.93. The maximum Gasteiger partial charge on any atom is 0.148 e. The second kappa shape index (κ2) is 14.4. The number of hydrogen-bond donors (Lipinski definition) is 0. The molecule has 0 radical (unpaired) electrons. The van der Waals surface area contributed by atoms with Crippen molar-refractivity contribution in [1.29, 1.82) is 0 Å². The van der Waals surface area contributed by atoms with Crippen molar-refractivity contribution in [2.75, 3.05) is 9.80 Å². The second-order valence-corrected chi connectivity index (χ2v) is 14.9. The quantitative estimate of drug-likeness (QED) is 0.153. The van der Waals surface area contributed by atoms with Gasteiger partial charge in [0.2, 0.25) is 0 Å². The van der Waals surface area contributed by atoms with Crippen molar-refractivity contribution < 1.29 is 4.39 Å². The van der Waals surface area contributed by atoms with Gasteiger partial charge in [-0.25, -0.2) is 4.39 Å². The molecule has 266 valence electrons. The Morgan fingerprint density at radius 1 is 0.357 bits per heavy atom. The molecule has 56 heavy (non-hydrogen) atoms. The van der Waals surface area contributed by atoms with Crippen molar-refractivity contribution in [3.05, 3.63) is 218 Å². The minimum Gasteiger partial charge on any atom is -0.310 e. The molecule has 0 bridgehead atoms. The molecular formula is C52H35FN2S. The summed E-state index contributed by atoms with van der Waals surface area (Å²) in [4.78, 5) is 6.78. The highest BCUT2D eigenvalue weighted by Gasteiger charge is 2.28. The molecule has 0 saturated heterocycles. The van der Waals surface area contributed by atoms with Crippen LogP contribution in [0.3, 0.4) is 0 Å². The highest BCUT2D eigenvalue weighted by atomic mass is 32.2. The van der Waals surface area contributed by atoms with Gasteiger partial charge in [0.25, 0.3) is 0 Å². The highest BCUT2D eigenvalue weighted by Crippen LogP contribution is 2.53. The Morgan fingerprint density at radius 3 is 1.54 bits per heavy atom. The van der Waals surface area contributed by atoms with Gasteiger partial charge in [0.05, 0.1) is 11.4 Å². The second-order valence-electron chi connectivity index (χ2n) is 13.9. The van der Waals surface area contributed by atoms with Gasteiger partial charge in [0, 0.05) is 48.9 Å². The van der Waals surface area contributed by atoms with E-state index in [-0.39, 0.29) is 5.82 Å². The van der Waals surface area contributed by atoms with Gasteiger partial charge in [0.1, 0.15) is 5.82 Å². The smallest absolute Gasteiger partial charge is 0.148 e. The average molecular weight is 739 g/mol. The summed E-state index contributed by atoms with van der Waals surface area (Å²) in [6, 6.07) is 72.9. The van der Waals surface area contributed by atoms with Crippen LogP contribution in [0.15, 0.2) is 222 Å². The molecule has 4 heteroatoms. The Bertz CT molecular complexity index is 2790. The maximum absolute atomic E-state index is 17.2. The van der Waals surface area contributed by atoms with E-state index in [1.54, 1.807) is 17.8 Å². The van der Waals surface area contributed by atoms with Crippen molar-refractivity contribution >= 4 is 56.7 Å². The summed E-state index contributed by atoms with van der Waals surface area (Å²) in [6.45, 7) is 0. The van der Waals surface area contributed by atoms with E-state index in [0.29, 0.717) is 5.69 Å². The number of halogens is 1. The third kappa shape index (κ3) is 6.01. The Kier molecular flexibility index (Phi) is 8.66. The van der Waals surface area contributed by atoms with Crippen LogP contribution in [-0.2, 0) is 0 Å². The summed E-state index contributed by atoms with van der Waals surface area (Å²) >= 11 is 1.79. The van der Waals surface area contributed by atoms with Gasteiger partial charge in [-0.3, -0.25) is 0 Å². The molecular weight excluding hydrogens is 704 g/mol. The van der Waals surface area contributed by atoms with Gasteiger partial charge in [0.15, 0.2) is 0 Å². The molecule has 0 N–H and O–H groups in total. The molecule has 0 unspecified atom stereocenters. The van der Waals surface area contributed by atoms with Crippen LogP contribution in [0.1, 0.15) is 0 Å². The molecule has 0 aromatic heterocycles. The van der Waals surface area contributed by atoms with Gasteiger partial charge >= 0.3 is 0 Å². The number of fused-ring (bicyclic) bond motifs is 2. The van der Waals surface area contributed by atoms with Gasteiger partial charge in [-0.15, -0.1) is 0 Å². The minimum absolute atomic E-state index is 0.289. The van der Waals surface area contributed by atoms with E-state index in [0.717, 1.165) is 56.1 Å². The Labute approximate surface area is 330 Å². The molecule has 0 fully saturated rings. The molecule has 0 spiro atoms. The van der Waals surface area contributed by atoms with E-state index < -0.39 is 0 Å². The number of nitrogens with zero attached hydrogens (tertiary/aromatic N) is 2. The first-order valence-corrected chi connectivity index (χ1v) is 19.6. The van der Waals surface area contributed by atoms with Crippen LogP contribution in [0, 0.1) is 5.82 Å². The molecule has 10 rings (SSSR count). The van der Waals surface area contributed by atoms with Crippen LogP contribution in [0.2, 0.25) is 0 Å².